The van der Waals surface area contributed by atoms with E-state index in [-0.39, 0.29) is 5.97 Å². The number of fused-ring (bicyclic) bond motifs is 2. The number of carbonyl (C=O) groups is 1. The van der Waals surface area contributed by atoms with E-state index in [1.54, 1.807) is 0 Å². The normalized spacial score (nSPS) is 36.7. The van der Waals surface area contributed by atoms with E-state index < -0.39 is 5.41 Å². The summed E-state index contributed by atoms with van der Waals surface area (Å²) in [5.74, 6) is 4.10. The van der Waals surface area contributed by atoms with Gasteiger partial charge in [0.2, 0.25) is 0 Å². The van der Waals surface area contributed by atoms with Gasteiger partial charge in [-0.1, -0.05) is 24.8 Å². The second-order valence-corrected chi connectivity index (χ2v) is 9.70. The monoisotopic (exact) mass is 349 g/mol. The van der Waals surface area contributed by atoms with Crippen molar-refractivity contribution in [2.45, 2.75) is 63.3 Å². The highest BCUT2D eigenvalue weighted by Gasteiger charge is 2.84. The molecule has 1 aromatic rings. The molecule has 0 radical (unpaired) electrons. The number of hydrogen-bond acceptors (Lipinski definition) is 3. The molecule has 3 nitrogen and oxygen atoms in total. The smallest absolute Gasteiger partial charge is 0.316 e. The van der Waals surface area contributed by atoms with Gasteiger partial charge in [-0.2, -0.15) is 0 Å². The molecule has 0 aromatic heterocycles. The first kappa shape index (κ1) is 16.4. The number of benzene rings is 1. The van der Waals surface area contributed by atoms with Gasteiger partial charge in [0, 0.05) is 23.4 Å². The Hall–Kier alpha value is -1.79. The molecule has 1 heterocycles. The number of nitrogens with zero attached hydrogens (tertiary/aromatic N) is 1. The largest absolute Gasteiger partial charge is 0.426 e. The summed E-state index contributed by atoms with van der Waals surface area (Å²) < 4.78 is 5.69. The summed E-state index contributed by atoms with van der Waals surface area (Å²) in [7, 11) is 0. The molecule has 0 amide bonds. The molecule has 0 N–H and O–H groups in total. The molecule has 136 valence electrons. The van der Waals surface area contributed by atoms with Gasteiger partial charge in [0.05, 0.1) is 12.0 Å². The third kappa shape index (κ3) is 1.63. The Morgan fingerprint density at radius 1 is 1.31 bits per heavy atom. The number of terminal acetylenes is 1. The fourth-order valence-electron chi connectivity index (χ4n) is 6.67. The van der Waals surface area contributed by atoms with Gasteiger partial charge < -0.3 is 4.74 Å². The number of esters is 1. The van der Waals surface area contributed by atoms with Crippen molar-refractivity contribution >= 4 is 5.97 Å². The molecule has 5 rings (SSSR count). The number of piperidine rings is 1. The molecule has 1 aromatic carbocycles. The molecule has 4 aliphatic rings. The SMILES string of the molecule is C#CCN1CC23c4ccc(OC(=O)C(C)(C)C)cc4C24CCCCC4C13. The van der Waals surface area contributed by atoms with Crippen LogP contribution in [0, 0.1) is 23.7 Å². The van der Waals surface area contributed by atoms with Crippen molar-refractivity contribution in [2.75, 3.05) is 13.1 Å². The van der Waals surface area contributed by atoms with Crippen LogP contribution in [0.1, 0.15) is 57.6 Å². The van der Waals surface area contributed by atoms with E-state index in [1.807, 2.05) is 26.8 Å². The van der Waals surface area contributed by atoms with Crippen LogP contribution in [0.5, 0.6) is 5.75 Å². The van der Waals surface area contributed by atoms with E-state index in [9.17, 15) is 4.79 Å². The lowest BCUT2D eigenvalue weighted by atomic mass is 9.23. The van der Waals surface area contributed by atoms with Crippen LogP contribution in [0.2, 0.25) is 0 Å². The van der Waals surface area contributed by atoms with Gasteiger partial charge in [0.15, 0.2) is 0 Å². The molecule has 2 spiro atoms. The Labute approximate surface area is 156 Å². The van der Waals surface area contributed by atoms with Gasteiger partial charge in [0.25, 0.3) is 0 Å². The number of likely N-dealkylation sites (tertiary alicyclic amines) is 1. The van der Waals surface area contributed by atoms with Gasteiger partial charge in [-0.05, 0) is 62.8 Å². The number of ether oxygens (including phenoxy) is 1. The van der Waals surface area contributed by atoms with Gasteiger partial charge in [-0.3, -0.25) is 9.69 Å². The lowest BCUT2D eigenvalue weighted by molar-refractivity contribution is -0.245. The zero-order chi connectivity index (χ0) is 18.3. The van der Waals surface area contributed by atoms with Crippen LogP contribution in [0.4, 0.5) is 0 Å². The number of hydrogen-bond donors (Lipinski definition) is 0. The molecule has 4 atom stereocenters. The van der Waals surface area contributed by atoms with Gasteiger partial charge >= 0.3 is 5.97 Å². The first-order valence-corrected chi connectivity index (χ1v) is 9.91. The molecule has 3 fully saturated rings. The van der Waals surface area contributed by atoms with E-state index in [2.05, 4.69) is 23.0 Å². The molecular weight excluding hydrogens is 322 g/mol. The highest BCUT2D eigenvalue weighted by molar-refractivity contribution is 5.78. The summed E-state index contributed by atoms with van der Waals surface area (Å²) in [6, 6.07) is 7.01. The molecule has 3 aliphatic carbocycles. The Morgan fingerprint density at radius 3 is 2.85 bits per heavy atom. The first-order valence-electron chi connectivity index (χ1n) is 9.91. The Kier molecular flexibility index (Phi) is 3.11. The van der Waals surface area contributed by atoms with E-state index in [0.717, 1.165) is 19.0 Å². The van der Waals surface area contributed by atoms with Crippen LogP contribution < -0.4 is 4.74 Å². The summed E-state index contributed by atoms with van der Waals surface area (Å²) in [4.78, 5) is 14.8. The molecular formula is C23H27NO2. The third-order valence-electron chi connectivity index (χ3n) is 7.57. The van der Waals surface area contributed by atoms with Crippen LogP contribution in [0.25, 0.3) is 0 Å². The van der Waals surface area contributed by atoms with Crippen molar-refractivity contribution in [3.05, 3.63) is 29.3 Å². The van der Waals surface area contributed by atoms with Crippen molar-refractivity contribution in [1.29, 1.82) is 0 Å². The second kappa shape index (κ2) is 4.93. The predicted octanol–water partition coefficient (Wildman–Crippen LogP) is 3.65. The maximum absolute atomic E-state index is 12.3. The van der Waals surface area contributed by atoms with Crippen LogP contribution in [-0.4, -0.2) is 30.0 Å². The molecule has 3 heteroatoms. The van der Waals surface area contributed by atoms with Gasteiger partial charge in [-0.25, -0.2) is 0 Å². The number of carbonyl (C=O) groups excluding carboxylic acids is 1. The van der Waals surface area contributed by atoms with Crippen molar-refractivity contribution in [3.63, 3.8) is 0 Å². The average molecular weight is 349 g/mol. The van der Waals surface area contributed by atoms with Crippen LogP contribution in [0.3, 0.4) is 0 Å². The predicted molar refractivity (Wildman–Crippen MR) is 101 cm³/mol. The van der Waals surface area contributed by atoms with E-state index in [0.29, 0.717) is 22.6 Å². The van der Waals surface area contributed by atoms with Gasteiger partial charge in [0.1, 0.15) is 5.75 Å². The lowest BCUT2D eigenvalue weighted by Crippen LogP contribution is -2.93. The number of rotatable bonds is 2. The second-order valence-electron chi connectivity index (χ2n) is 9.70. The molecule has 2 saturated carbocycles. The highest BCUT2D eigenvalue weighted by atomic mass is 16.5. The maximum Gasteiger partial charge on any atom is 0.316 e. The minimum absolute atomic E-state index is 0.167. The van der Waals surface area contributed by atoms with Crippen molar-refractivity contribution in [1.82, 2.24) is 4.90 Å². The zero-order valence-electron chi connectivity index (χ0n) is 16.0. The third-order valence-corrected chi connectivity index (χ3v) is 7.57. The topological polar surface area (TPSA) is 29.5 Å². The van der Waals surface area contributed by atoms with E-state index >= 15 is 0 Å². The Bertz CT molecular complexity index is 845. The quantitative estimate of drug-likeness (QED) is 0.464. The fourth-order valence-corrected chi connectivity index (χ4v) is 6.67. The summed E-state index contributed by atoms with van der Waals surface area (Å²) in [6.45, 7) is 7.56. The molecule has 1 saturated heterocycles. The van der Waals surface area contributed by atoms with Gasteiger partial charge in [-0.15, -0.1) is 6.42 Å². The van der Waals surface area contributed by atoms with E-state index in [1.165, 1.54) is 36.8 Å². The highest BCUT2D eigenvalue weighted by Crippen LogP contribution is 2.80. The standard InChI is InChI=1S/C23H27NO2/c1-5-12-24-14-23-16-10-9-15(26-20(25)21(2,3)4)13-18(16)22(23)11-7-6-8-17(22)19(23)24/h1,9-10,13,17,19H,6-8,11-12,14H2,2-4H3. The maximum atomic E-state index is 12.3. The molecule has 26 heavy (non-hydrogen) atoms. The van der Waals surface area contributed by atoms with Crippen molar-refractivity contribution < 1.29 is 9.53 Å². The lowest BCUT2D eigenvalue weighted by Gasteiger charge is -2.86. The zero-order valence-corrected chi connectivity index (χ0v) is 16.0. The molecule has 1 aliphatic heterocycles. The summed E-state index contributed by atoms with van der Waals surface area (Å²) in [5.41, 5.74) is 3.11. The van der Waals surface area contributed by atoms with Crippen molar-refractivity contribution in [2.24, 2.45) is 11.3 Å². The van der Waals surface area contributed by atoms with E-state index in [4.69, 9.17) is 11.2 Å². The molecule has 4 unspecified atom stereocenters. The van der Waals surface area contributed by atoms with Crippen LogP contribution >= 0.6 is 0 Å². The molecule has 0 bridgehead atoms. The van der Waals surface area contributed by atoms with Crippen LogP contribution in [0.15, 0.2) is 18.2 Å². The minimum Gasteiger partial charge on any atom is -0.426 e. The summed E-state index contributed by atoms with van der Waals surface area (Å²) in [5, 5.41) is 0. The fraction of sp³-hybridized carbons (Fsp3) is 0.609. The first-order chi connectivity index (χ1) is 12.4. The minimum atomic E-state index is -0.485. The summed E-state index contributed by atoms with van der Waals surface area (Å²) in [6.07, 6.45) is 10.8. The Balaban J connectivity index is 1.50. The Morgan fingerprint density at radius 2 is 2.12 bits per heavy atom. The van der Waals surface area contributed by atoms with Crippen molar-refractivity contribution in [3.8, 4) is 18.1 Å². The summed E-state index contributed by atoms with van der Waals surface area (Å²) >= 11 is 0. The average Bonchev–Trinajstić information content (AvgIpc) is 2.57. The van der Waals surface area contributed by atoms with Crippen LogP contribution in [-0.2, 0) is 15.6 Å².